The summed E-state index contributed by atoms with van der Waals surface area (Å²) < 4.78 is 6.96. The summed E-state index contributed by atoms with van der Waals surface area (Å²) in [6, 6.07) is 10.1. The van der Waals surface area contributed by atoms with Gasteiger partial charge >= 0.3 is 5.69 Å². The lowest BCUT2D eigenvalue weighted by molar-refractivity contribution is -0.121. The molecule has 2 heterocycles. The van der Waals surface area contributed by atoms with Crippen molar-refractivity contribution >= 4 is 5.91 Å². The standard InChI is InChI=1S/C19H26N4O4/c1-14-10-27-13-19(12-24,23(14)9-15-6-4-3-5-7-15)11-21-17(25)16-8-20-18(26)22(16)2/h3-8,14,24H,9-13H2,1-2H3,(H,20,26)(H,21,25)/t14-,19+/m1/s1. The van der Waals surface area contributed by atoms with Crippen LogP contribution in [0.3, 0.4) is 0 Å². The highest BCUT2D eigenvalue weighted by Gasteiger charge is 2.43. The van der Waals surface area contributed by atoms with Crippen LogP contribution in [0.15, 0.2) is 41.3 Å². The Balaban J connectivity index is 1.78. The monoisotopic (exact) mass is 374 g/mol. The second-order valence-corrected chi connectivity index (χ2v) is 7.08. The van der Waals surface area contributed by atoms with Crippen molar-refractivity contribution in [2.45, 2.75) is 25.0 Å². The van der Waals surface area contributed by atoms with E-state index in [1.54, 1.807) is 0 Å². The average Bonchev–Trinajstić information content (AvgIpc) is 3.02. The number of ether oxygens (including phenoxy) is 1. The summed E-state index contributed by atoms with van der Waals surface area (Å²) in [5.74, 6) is -0.374. The van der Waals surface area contributed by atoms with Crippen molar-refractivity contribution in [3.05, 3.63) is 58.3 Å². The largest absolute Gasteiger partial charge is 0.394 e. The van der Waals surface area contributed by atoms with Crippen LogP contribution in [0.1, 0.15) is 23.0 Å². The van der Waals surface area contributed by atoms with E-state index in [4.69, 9.17) is 4.74 Å². The van der Waals surface area contributed by atoms with E-state index in [0.717, 1.165) is 5.56 Å². The molecular weight excluding hydrogens is 348 g/mol. The van der Waals surface area contributed by atoms with Gasteiger partial charge in [0, 0.05) is 32.4 Å². The van der Waals surface area contributed by atoms with Crippen LogP contribution in [0, 0.1) is 0 Å². The van der Waals surface area contributed by atoms with Gasteiger partial charge in [0.15, 0.2) is 0 Å². The van der Waals surface area contributed by atoms with E-state index in [-0.39, 0.29) is 36.5 Å². The second-order valence-electron chi connectivity index (χ2n) is 7.08. The lowest BCUT2D eigenvalue weighted by atomic mass is 9.94. The molecule has 0 bridgehead atoms. The number of H-pyrrole nitrogens is 1. The summed E-state index contributed by atoms with van der Waals surface area (Å²) in [7, 11) is 1.53. The summed E-state index contributed by atoms with van der Waals surface area (Å²) in [6.45, 7) is 3.62. The van der Waals surface area contributed by atoms with Gasteiger partial charge in [0.1, 0.15) is 5.69 Å². The summed E-state index contributed by atoms with van der Waals surface area (Å²) >= 11 is 0. The van der Waals surface area contributed by atoms with Crippen LogP contribution in [-0.2, 0) is 18.3 Å². The number of hydrogen-bond donors (Lipinski definition) is 3. The number of aromatic nitrogens is 2. The van der Waals surface area contributed by atoms with E-state index < -0.39 is 5.54 Å². The highest BCUT2D eigenvalue weighted by molar-refractivity contribution is 5.92. The molecule has 0 radical (unpaired) electrons. The Bertz CT molecular complexity index is 832. The molecule has 2 aromatic rings. The third-order valence-corrected chi connectivity index (χ3v) is 5.17. The van der Waals surface area contributed by atoms with Crippen molar-refractivity contribution in [2.75, 3.05) is 26.4 Å². The van der Waals surface area contributed by atoms with E-state index >= 15 is 0 Å². The predicted octanol–water partition coefficient (Wildman–Crippen LogP) is 0.0952. The van der Waals surface area contributed by atoms with Gasteiger partial charge in [0.25, 0.3) is 5.91 Å². The van der Waals surface area contributed by atoms with Crippen molar-refractivity contribution in [1.29, 1.82) is 0 Å². The molecule has 0 aliphatic carbocycles. The van der Waals surface area contributed by atoms with E-state index in [2.05, 4.69) is 15.2 Å². The molecule has 27 heavy (non-hydrogen) atoms. The second kappa shape index (κ2) is 8.08. The first-order valence-electron chi connectivity index (χ1n) is 8.99. The van der Waals surface area contributed by atoms with Crippen LogP contribution in [0.25, 0.3) is 0 Å². The fourth-order valence-electron chi connectivity index (χ4n) is 3.49. The predicted molar refractivity (Wildman–Crippen MR) is 100 cm³/mol. The third kappa shape index (κ3) is 3.97. The Morgan fingerprint density at radius 3 is 2.78 bits per heavy atom. The summed E-state index contributed by atoms with van der Waals surface area (Å²) in [5, 5.41) is 13.1. The van der Waals surface area contributed by atoms with Gasteiger partial charge in [-0.15, -0.1) is 0 Å². The number of hydrogen-bond acceptors (Lipinski definition) is 5. The Labute approximate surface area is 157 Å². The van der Waals surface area contributed by atoms with Gasteiger partial charge in [-0.05, 0) is 12.5 Å². The number of aromatic amines is 1. The number of rotatable bonds is 6. The van der Waals surface area contributed by atoms with Crippen molar-refractivity contribution in [1.82, 2.24) is 19.8 Å². The van der Waals surface area contributed by atoms with Crippen LogP contribution >= 0.6 is 0 Å². The molecule has 1 aliphatic rings. The maximum Gasteiger partial charge on any atom is 0.325 e. The highest BCUT2D eigenvalue weighted by Crippen LogP contribution is 2.26. The first-order chi connectivity index (χ1) is 13.0. The van der Waals surface area contributed by atoms with Crippen LogP contribution in [0.2, 0.25) is 0 Å². The maximum absolute atomic E-state index is 12.5. The molecule has 3 N–H and O–H groups in total. The Hall–Kier alpha value is -2.42. The van der Waals surface area contributed by atoms with E-state index in [0.29, 0.717) is 19.8 Å². The molecular formula is C19H26N4O4. The molecule has 8 nitrogen and oxygen atoms in total. The summed E-state index contributed by atoms with van der Waals surface area (Å²) in [4.78, 5) is 28.7. The first kappa shape index (κ1) is 19.3. The molecule has 8 heteroatoms. The van der Waals surface area contributed by atoms with Crippen molar-refractivity contribution in [3.63, 3.8) is 0 Å². The number of imidazole rings is 1. The topological polar surface area (TPSA) is 99.6 Å². The third-order valence-electron chi connectivity index (χ3n) is 5.17. The number of nitrogens with one attached hydrogen (secondary N) is 2. The number of aliphatic hydroxyl groups is 1. The molecule has 1 aromatic carbocycles. The quantitative estimate of drug-likeness (QED) is 0.666. The zero-order chi connectivity index (χ0) is 19.4. The number of aliphatic hydroxyl groups excluding tert-OH is 1. The fraction of sp³-hybridized carbons (Fsp3) is 0.474. The van der Waals surface area contributed by atoms with Gasteiger partial charge in [-0.1, -0.05) is 30.3 Å². The van der Waals surface area contributed by atoms with Crippen LogP contribution in [-0.4, -0.2) is 63.4 Å². The minimum Gasteiger partial charge on any atom is -0.394 e. The maximum atomic E-state index is 12.5. The van der Waals surface area contributed by atoms with Gasteiger partial charge in [-0.3, -0.25) is 14.3 Å². The van der Waals surface area contributed by atoms with Crippen molar-refractivity contribution in [2.24, 2.45) is 7.05 Å². The lowest BCUT2D eigenvalue weighted by Gasteiger charge is -2.49. The van der Waals surface area contributed by atoms with Gasteiger partial charge < -0.3 is 20.1 Å². The molecule has 3 rings (SSSR count). The number of carbonyl (C=O) groups is 1. The van der Waals surface area contributed by atoms with Gasteiger partial charge in [-0.2, -0.15) is 0 Å². The van der Waals surface area contributed by atoms with E-state index in [1.807, 2.05) is 37.3 Å². The molecule has 1 fully saturated rings. The summed E-state index contributed by atoms with van der Waals surface area (Å²) in [6.07, 6.45) is 1.38. The Morgan fingerprint density at radius 2 is 2.15 bits per heavy atom. The fourth-order valence-corrected chi connectivity index (χ4v) is 3.49. The average molecular weight is 374 g/mol. The first-order valence-corrected chi connectivity index (χ1v) is 8.99. The number of benzene rings is 1. The van der Waals surface area contributed by atoms with Crippen molar-refractivity contribution < 1.29 is 14.6 Å². The molecule has 1 aliphatic heterocycles. The number of amides is 1. The minimum absolute atomic E-state index is 0.0830. The molecule has 146 valence electrons. The molecule has 0 unspecified atom stereocenters. The number of morpholine rings is 1. The molecule has 1 aromatic heterocycles. The zero-order valence-electron chi connectivity index (χ0n) is 15.6. The normalized spacial score (nSPS) is 23.3. The van der Waals surface area contributed by atoms with Crippen LogP contribution in [0.5, 0.6) is 0 Å². The van der Waals surface area contributed by atoms with Crippen LogP contribution < -0.4 is 11.0 Å². The van der Waals surface area contributed by atoms with Gasteiger partial charge in [0.05, 0.1) is 25.4 Å². The zero-order valence-corrected chi connectivity index (χ0v) is 15.6. The number of nitrogens with zero attached hydrogens (tertiary/aromatic N) is 2. The van der Waals surface area contributed by atoms with Gasteiger partial charge in [0.2, 0.25) is 0 Å². The van der Waals surface area contributed by atoms with E-state index in [1.165, 1.54) is 17.8 Å². The smallest absolute Gasteiger partial charge is 0.325 e. The minimum atomic E-state index is -0.738. The Kier molecular flexibility index (Phi) is 5.79. The lowest BCUT2D eigenvalue weighted by Crippen LogP contribution is -2.66. The number of carbonyl (C=O) groups excluding carboxylic acids is 1. The molecule has 0 saturated carbocycles. The summed E-state index contributed by atoms with van der Waals surface area (Å²) in [5.41, 5.74) is 0.284. The molecule has 0 spiro atoms. The van der Waals surface area contributed by atoms with Crippen molar-refractivity contribution in [3.8, 4) is 0 Å². The molecule has 1 amide bonds. The molecule has 1 saturated heterocycles. The SMILES string of the molecule is C[C@@H]1COC[C@@](CO)(CNC(=O)c2c[nH]c(=O)n2C)N1Cc1ccccc1. The highest BCUT2D eigenvalue weighted by atomic mass is 16.5. The van der Waals surface area contributed by atoms with Crippen LogP contribution in [0.4, 0.5) is 0 Å². The van der Waals surface area contributed by atoms with E-state index in [9.17, 15) is 14.7 Å². The van der Waals surface area contributed by atoms with Gasteiger partial charge in [-0.25, -0.2) is 4.79 Å². The molecule has 2 atom stereocenters. The Morgan fingerprint density at radius 1 is 1.41 bits per heavy atom.